The molecule has 2 heterocycles. The van der Waals surface area contributed by atoms with Crippen molar-refractivity contribution < 1.29 is 4.92 Å². The molecule has 1 aromatic carbocycles. The largest absolute Gasteiger partial charge is 0.351 e. The Morgan fingerprint density at radius 2 is 1.83 bits per heavy atom. The highest BCUT2D eigenvalue weighted by atomic mass is 32.2. The number of hydrogen-bond donors (Lipinski definition) is 0. The standard InChI is InChI=1S/C16H18N4O2S/c1-12-5-7-13(8-6-12)23-16-14(20(21)22)15(17-11-18-16)19-9-3-2-4-10-19/h5-8,11H,2-4,9-10H2,1H3. The Hall–Kier alpha value is -2.15. The van der Waals surface area contributed by atoms with E-state index >= 15 is 0 Å². The molecule has 2 aromatic rings. The molecule has 0 atom stereocenters. The molecule has 0 unspecified atom stereocenters. The second-order valence-corrected chi connectivity index (χ2v) is 6.63. The van der Waals surface area contributed by atoms with E-state index in [2.05, 4.69) is 9.97 Å². The Labute approximate surface area is 139 Å². The minimum atomic E-state index is -0.361. The van der Waals surface area contributed by atoms with Crippen LogP contribution in [-0.2, 0) is 0 Å². The van der Waals surface area contributed by atoms with Crippen molar-refractivity contribution >= 4 is 23.3 Å². The van der Waals surface area contributed by atoms with Crippen LogP contribution in [0.3, 0.4) is 0 Å². The molecule has 120 valence electrons. The van der Waals surface area contributed by atoms with Gasteiger partial charge in [-0.25, -0.2) is 9.97 Å². The van der Waals surface area contributed by atoms with Crippen LogP contribution in [-0.4, -0.2) is 28.0 Å². The first-order chi connectivity index (χ1) is 11.1. The normalized spacial score (nSPS) is 14.7. The second-order valence-electron chi connectivity index (χ2n) is 5.57. The summed E-state index contributed by atoms with van der Waals surface area (Å²) in [6, 6.07) is 7.88. The van der Waals surface area contributed by atoms with Gasteiger partial charge in [0, 0.05) is 18.0 Å². The van der Waals surface area contributed by atoms with Gasteiger partial charge in [0.25, 0.3) is 0 Å². The highest BCUT2D eigenvalue weighted by Crippen LogP contribution is 2.38. The van der Waals surface area contributed by atoms with Crippen molar-refractivity contribution in [2.24, 2.45) is 0 Å². The highest BCUT2D eigenvalue weighted by molar-refractivity contribution is 7.99. The fourth-order valence-electron chi connectivity index (χ4n) is 2.64. The lowest BCUT2D eigenvalue weighted by molar-refractivity contribution is -0.387. The van der Waals surface area contributed by atoms with Crippen LogP contribution in [0.5, 0.6) is 0 Å². The van der Waals surface area contributed by atoms with Crippen LogP contribution in [0.15, 0.2) is 40.5 Å². The van der Waals surface area contributed by atoms with E-state index in [1.165, 1.54) is 24.5 Å². The summed E-state index contributed by atoms with van der Waals surface area (Å²) in [6.07, 6.45) is 4.68. The summed E-state index contributed by atoms with van der Waals surface area (Å²) in [5, 5.41) is 12.0. The van der Waals surface area contributed by atoms with Gasteiger partial charge >= 0.3 is 5.69 Å². The van der Waals surface area contributed by atoms with Gasteiger partial charge in [0.05, 0.1) is 4.92 Å². The van der Waals surface area contributed by atoms with Crippen LogP contribution in [0.2, 0.25) is 0 Å². The lowest BCUT2D eigenvalue weighted by Crippen LogP contribution is -2.31. The van der Waals surface area contributed by atoms with Crippen molar-refractivity contribution in [3.05, 3.63) is 46.3 Å². The van der Waals surface area contributed by atoms with Crippen LogP contribution >= 0.6 is 11.8 Å². The summed E-state index contributed by atoms with van der Waals surface area (Å²) in [5.74, 6) is 0.444. The number of aryl methyl sites for hydroxylation is 1. The maximum absolute atomic E-state index is 11.6. The molecule has 1 aliphatic rings. The number of piperidine rings is 1. The molecule has 0 bridgehead atoms. The number of aromatic nitrogens is 2. The molecule has 3 rings (SSSR count). The van der Waals surface area contributed by atoms with Crippen LogP contribution in [0.1, 0.15) is 24.8 Å². The first-order valence-electron chi connectivity index (χ1n) is 7.64. The van der Waals surface area contributed by atoms with Crippen molar-refractivity contribution in [2.75, 3.05) is 18.0 Å². The maximum atomic E-state index is 11.6. The number of rotatable bonds is 4. The number of nitrogens with zero attached hydrogens (tertiary/aromatic N) is 4. The third-order valence-electron chi connectivity index (χ3n) is 3.84. The molecule has 0 spiro atoms. The molecular formula is C16H18N4O2S. The Morgan fingerprint density at radius 3 is 2.48 bits per heavy atom. The summed E-state index contributed by atoms with van der Waals surface area (Å²) in [6.45, 7) is 3.63. The minimum Gasteiger partial charge on any atom is -0.351 e. The van der Waals surface area contributed by atoms with Crippen LogP contribution < -0.4 is 4.90 Å². The maximum Gasteiger partial charge on any atom is 0.343 e. The zero-order valence-electron chi connectivity index (χ0n) is 12.9. The van der Waals surface area contributed by atoms with Gasteiger partial charge in [-0.3, -0.25) is 10.1 Å². The van der Waals surface area contributed by atoms with E-state index in [0.717, 1.165) is 36.4 Å². The summed E-state index contributed by atoms with van der Waals surface area (Å²) < 4.78 is 0. The smallest absolute Gasteiger partial charge is 0.343 e. The van der Waals surface area contributed by atoms with Crippen molar-refractivity contribution in [3.63, 3.8) is 0 Å². The fraction of sp³-hybridized carbons (Fsp3) is 0.375. The van der Waals surface area contributed by atoms with Crippen molar-refractivity contribution in [3.8, 4) is 0 Å². The molecule has 0 saturated carbocycles. The number of nitro groups is 1. The van der Waals surface area contributed by atoms with E-state index in [9.17, 15) is 10.1 Å². The van der Waals surface area contributed by atoms with E-state index < -0.39 is 0 Å². The molecule has 0 N–H and O–H groups in total. The lowest BCUT2D eigenvalue weighted by Gasteiger charge is -2.27. The van der Waals surface area contributed by atoms with Gasteiger partial charge in [-0.2, -0.15) is 0 Å². The molecule has 0 radical (unpaired) electrons. The predicted octanol–water partition coefficient (Wildman–Crippen LogP) is 3.83. The zero-order valence-corrected chi connectivity index (χ0v) is 13.8. The Balaban J connectivity index is 1.95. The van der Waals surface area contributed by atoms with Gasteiger partial charge in [0.2, 0.25) is 5.82 Å². The van der Waals surface area contributed by atoms with Gasteiger partial charge in [-0.1, -0.05) is 29.5 Å². The topological polar surface area (TPSA) is 72.2 Å². The zero-order chi connectivity index (χ0) is 16.2. The number of anilines is 1. The summed E-state index contributed by atoms with van der Waals surface area (Å²) in [4.78, 5) is 22.5. The molecule has 1 aliphatic heterocycles. The molecule has 1 saturated heterocycles. The van der Waals surface area contributed by atoms with Crippen LogP contribution in [0.4, 0.5) is 11.5 Å². The van der Waals surface area contributed by atoms with Crippen molar-refractivity contribution in [2.45, 2.75) is 36.1 Å². The van der Waals surface area contributed by atoms with Crippen molar-refractivity contribution in [1.29, 1.82) is 0 Å². The van der Waals surface area contributed by atoms with E-state index in [-0.39, 0.29) is 10.6 Å². The summed E-state index contributed by atoms with van der Waals surface area (Å²) in [5.41, 5.74) is 1.17. The SMILES string of the molecule is Cc1ccc(Sc2ncnc(N3CCCCC3)c2[N+](=O)[O-])cc1. The number of hydrogen-bond acceptors (Lipinski definition) is 6. The van der Waals surface area contributed by atoms with Gasteiger partial charge in [0.15, 0.2) is 5.03 Å². The Bertz CT molecular complexity index is 700. The van der Waals surface area contributed by atoms with E-state index in [1.54, 1.807) is 0 Å². The van der Waals surface area contributed by atoms with Gasteiger partial charge in [-0.15, -0.1) is 0 Å². The average Bonchev–Trinajstić information content (AvgIpc) is 2.57. The molecule has 0 amide bonds. The first kappa shape index (κ1) is 15.7. The monoisotopic (exact) mass is 330 g/mol. The summed E-state index contributed by atoms with van der Waals surface area (Å²) >= 11 is 1.31. The first-order valence-corrected chi connectivity index (χ1v) is 8.45. The van der Waals surface area contributed by atoms with Crippen LogP contribution in [0.25, 0.3) is 0 Å². The van der Waals surface area contributed by atoms with E-state index in [4.69, 9.17) is 0 Å². The van der Waals surface area contributed by atoms with Crippen molar-refractivity contribution in [1.82, 2.24) is 9.97 Å². The Kier molecular flexibility index (Phi) is 4.76. The minimum absolute atomic E-state index is 0.0139. The highest BCUT2D eigenvalue weighted by Gasteiger charge is 2.28. The predicted molar refractivity (Wildman–Crippen MR) is 90.1 cm³/mol. The molecule has 0 aliphatic carbocycles. The molecule has 6 nitrogen and oxygen atoms in total. The average molecular weight is 330 g/mol. The Morgan fingerprint density at radius 1 is 1.13 bits per heavy atom. The second kappa shape index (κ2) is 6.95. The van der Waals surface area contributed by atoms with Crippen LogP contribution in [0, 0.1) is 17.0 Å². The van der Waals surface area contributed by atoms with E-state index in [0.29, 0.717) is 10.8 Å². The quantitative estimate of drug-likeness (QED) is 0.482. The van der Waals surface area contributed by atoms with Gasteiger partial charge in [-0.05, 0) is 38.3 Å². The number of benzene rings is 1. The third kappa shape index (κ3) is 3.61. The molecular weight excluding hydrogens is 312 g/mol. The third-order valence-corrected chi connectivity index (χ3v) is 4.84. The molecule has 1 fully saturated rings. The van der Waals surface area contributed by atoms with Gasteiger partial charge in [0.1, 0.15) is 6.33 Å². The molecule has 23 heavy (non-hydrogen) atoms. The lowest BCUT2D eigenvalue weighted by atomic mass is 10.1. The summed E-state index contributed by atoms with van der Waals surface area (Å²) in [7, 11) is 0. The fourth-order valence-corrected chi connectivity index (χ4v) is 3.50. The molecule has 1 aromatic heterocycles. The van der Waals surface area contributed by atoms with E-state index in [1.807, 2.05) is 36.1 Å². The molecule has 7 heteroatoms. The van der Waals surface area contributed by atoms with Gasteiger partial charge < -0.3 is 4.90 Å².